The third-order valence-electron chi connectivity index (χ3n) is 2.85. The molecule has 0 fully saturated rings. The van der Waals surface area contributed by atoms with Gasteiger partial charge < -0.3 is 10.1 Å². The van der Waals surface area contributed by atoms with Gasteiger partial charge in [-0.2, -0.15) is 0 Å². The van der Waals surface area contributed by atoms with E-state index in [1.807, 2.05) is 24.3 Å². The molecule has 0 bridgehead atoms. The maximum absolute atomic E-state index is 11.0. The van der Waals surface area contributed by atoms with Crippen LogP contribution < -0.4 is 0 Å². The maximum Gasteiger partial charge on any atom is 0.337 e. The molecule has 3 nitrogen and oxygen atoms in total. The van der Waals surface area contributed by atoms with Gasteiger partial charge in [-0.1, -0.05) is 35.9 Å². The standard InChI is InChI=1S/C13H8ClNO2/c14-11-9(13(16)17)6-5-8-7-3-1-2-4-10(7)15-12(8)11/h1-6,15H,(H,16,17). The van der Waals surface area contributed by atoms with Crippen molar-refractivity contribution in [3.05, 3.63) is 47.0 Å². The van der Waals surface area contributed by atoms with Crippen molar-refractivity contribution in [1.29, 1.82) is 0 Å². The summed E-state index contributed by atoms with van der Waals surface area (Å²) in [7, 11) is 0. The highest BCUT2D eigenvalue weighted by atomic mass is 35.5. The van der Waals surface area contributed by atoms with E-state index in [-0.39, 0.29) is 10.6 Å². The molecular weight excluding hydrogens is 238 g/mol. The van der Waals surface area contributed by atoms with Gasteiger partial charge in [0.05, 0.1) is 16.1 Å². The van der Waals surface area contributed by atoms with Gasteiger partial charge >= 0.3 is 5.97 Å². The highest BCUT2D eigenvalue weighted by molar-refractivity contribution is 6.39. The minimum atomic E-state index is -1.02. The van der Waals surface area contributed by atoms with Gasteiger partial charge in [-0.25, -0.2) is 4.79 Å². The Morgan fingerprint density at radius 3 is 2.65 bits per heavy atom. The molecule has 2 aromatic carbocycles. The Hall–Kier alpha value is -2.00. The Bertz CT molecular complexity index is 746. The van der Waals surface area contributed by atoms with Gasteiger partial charge in [-0.05, 0) is 12.1 Å². The largest absolute Gasteiger partial charge is 0.478 e. The number of aromatic amines is 1. The van der Waals surface area contributed by atoms with Gasteiger partial charge in [0.15, 0.2) is 0 Å². The summed E-state index contributed by atoms with van der Waals surface area (Å²) in [5.41, 5.74) is 1.74. The molecule has 0 aliphatic rings. The first-order valence-electron chi connectivity index (χ1n) is 5.10. The number of H-pyrrole nitrogens is 1. The van der Waals surface area contributed by atoms with E-state index in [0.29, 0.717) is 5.52 Å². The molecule has 0 amide bonds. The Morgan fingerprint density at radius 2 is 1.88 bits per heavy atom. The quantitative estimate of drug-likeness (QED) is 0.687. The third-order valence-corrected chi connectivity index (χ3v) is 3.24. The summed E-state index contributed by atoms with van der Waals surface area (Å²) in [5.74, 6) is -1.02. The molecule has 3 rings (SSSR count). The number of carboxylic acids is 1. The van der Waals surface area contributed by atoms with Crippen molar-refractivity contribution in [1.82, 2.24) is 4.98 Å². The SMILES string of the molecule is O=C(O)c1ccc2c([nH]c3ccccc32)c1Cl. The number of nitrogens with one attached hydrogen (secondary N) is 1. The van der Waals surface area contributed by atoms with E-state index in [1.54, 1.807) is 6.07 Å². The molecule has 3 aromatic rings. The highest BCUT2D eigenvalue weighted by Crippen LogP contribution is 2.32. The number of halogens is 1. The third kappa shape index (κ3) is 1.40. The van der Waals surface area contributed by atoms with Crippen molar-refractivity contribution < 1.29 is 9.90 Å². The van der Waals surface area contributed by atoms with E-state index in [4.69, 9.17) is 16.7 Å². The van der Waals surface area contributed by atoms with Crippen LogP contribution in [0.2, 0.25) is 5.02 Å². The lowest BCUT2D eigenvalue weighted by atomic mass is 10.1. The molecule has 0 radical (unpaired) electrons. The fourth-order valence-electron chi connectivity index (χ4n) is 2.05. The van der Waals surface area contributed by atoms with Crippen LogP contribution in [0.5, 0.6) is 0 Å². The predicted molar refractivity (Wildman–Crippen MR) is 67.8 cm³/mol. The summed E-state index contributed by atoms with van der Waals surface area (Å²) in [5, 5.41) is 11.2. The summed E-state index contributed by atoms with van der Waals surface area (Å²) in [4.78, 5) is 14.1. The number of aromatic carboxylic acids is 1. The van der Waals surface area contributed by atoms with Crippen molar-refractivity contribution in [2.45, 2.75) is 0 Å². The summed E-state index contributed by atoms with van der Waals surface area (Å²) in [6, 6.07) is 11.1. The first-order chi connectivity index (χ1) is 8.18. The second kappa shape index (κ2) is 3.50. The molecule has 0 spiro atoms. The minimum Gasteiger partial charge on any atom is -0.478 e. The lowest BCUT2D eigenvalue weighted by Gasteiger charge is -1.99. The normalized spacial score (nSPS) is 11.1. The van der Waals surface area contributed by atoms with E-state index in [9.17, 15) is 4.79 Å². The number of benzene rings is 2. The zero-order chi connectivity index (χ0) is 12.0. The smallest absolute Gasteiger partial charge is 0.337 e. The lowest BCUT2D eigenvalue weighted by Crippen LogP contribution is -1.97. The van der Waals surface area contributed by atoms with Crippen LogP contribution in [-0.2, 0) is 0 Å². The first-order valence-corrected chi connectivity index (χ1v) is 5.48. The molecule has 0 atom stereocenters. The van der Waals surface area contributed by atoms with Crippen LogP contribution in [0.3, 0.4) is 0 Å². The lowest BCUT2D eigenvalue weighted by molar-refractivity contribution is 0.0697. The zero-order valence-corrected chi connectivity index (χ0v) is 9.45. The van der Waals surface area contributed by atoms with E-state index < -0.39 is 5.97 Å². The van der Waals surface area contributed by atoms with Crippen LogP contribution in [0.1, 0.15) is 10.4 Å². The molecule has 17 heavy (non-hydrogen) atoms. The Balaban J connectivity index is 2.48. The first kappa shape index (κ1) is 10.2. The second-order valence-corrected chi connectivity index (χ2v) is 4.20. The molecule has 0 saturated carbocycles. The second-order valence-electron chi connectivity index (χ2n) is 3.83. The van der Waals surface area contributed by atoms with Crippen LogP contribution in [0.4, 0.5) is 0 Å². The fourth-order valence-corrected chi connectivity index (χ4v) is 2.34. The predicted octanol–water partition coefficient (Wildman–Crippen LogP) is 3.67. The van der Waals surface area contributed by atoms with E-state index >= 15 is 0 Å². The number of carboxylic acid groups (broad SMARTS) is 1. The number of fused-ring (bicyclic) bond motifs is 3. The molecule has 1 heterocycles. The number of carbonyl (C=O) groups is 1. The molecule has 84 valence electrons. The Kier molecular flexibility index (Phi) is 2.09. The maximum atomic E-state index is 11.0. The van der Waals surface area contributed by atoms with Gasteiger partial charge in [0.1, 0.15) is 0 Å². The van der Waals surface area contributed by atoms with Crippen LogP contribution in [-0.4, -0.2) is 16.1 Å². The van der Waals surface area contributed by atoms with Crippen molar-refractivity contribution in [2.24, 2.45) is 0 Å². The summed E-state index contributed by atoms with van der Waals surface area (Å²) in [6.45, 7) is 0. The van der Waals surface area contributed by atoms with Crippen molar-refractivity contribution in [3.63, 3.8) is 0 Å². The monoisotopic (exact) mass is 245 g/mol. The van der Waals surface area contributed by atoms with Gasteiger partial charge in [-0.3, -0.25) is 0 Å². The fraction of sp³-hybridized carbons (Fsp3) is 0. The minimum absolute atomic E-state index is 0.116. The molecule has 0 aliphatic heterocycles. The van der Waals surface area contributed by atoms with Crippen LogP contribution >= 0.6 is 11.6 Å². The van der Waals surface area contributed by atoms with Gasteiger partial charge in [-0.15, -0.1) is 0 Å². The number of hydrogen-bond acceptors (Lipinski definition) is 1. The average molecular weight is 246 g/mol. The summed E-state index contributed by atoms with van der Waals surface area (Å²) in [6.07, 6.45) is 0. The number of para-hydroxylation sites is 1. The van der Waals surface area contributed by atoms with E-state index in [1.165, 1.54) is 6.07 Å². The van der Waals surface area contributed by atoms with Gasteiger partial charge in [0.25, 0.3) is 0 Å². The molecule has 0 unspecified atom stereocenters. The van der Waals surface area contributed by atoms with Crippen molar-refractivity contribution >= 4 is 39.4 Å². The molecule has 2 N–H and O–H groups in total. The number of aromatic nitrogens is 1. The summed E-state index contributed by atoms with van der Waals surface area (Å²) >= 11 is 6.10. The molecule has 0 saturated heterocycles. The topological polar surface area (TPSA) is 53.1 Å². The number of rotatable bonds is 1. The van der Waals surface area contributed by atoms with Gasteiger partial charge in [0.2, 0.25) is 0 Å². The Labute approximate surface area is 102 Å². The molecule has 4 heteroatoms. The van der Waals surface area contributed by atoms with Crippen LogP contribution in [0, 0.1) is 0 Å². The summed E-state index contributed by atoms with van der Waals surface area (Å²) < 4.78 is 0. The highest BCUT2D eigenvalue weighted by Gasteiger charge is 2.14. The number of hydrogen-bond donors (Lipinski definition) is 2. The molecular formula is C13H8ClNO2. The van der Waals surface area contributed by atoms with Crippen LogP contribution in [0.15, 0.2) is 36.4 Å². The molecule has 1 aromatic heterocycles. The van der Waals surface area contributed by atoms with Gasteiger partial charge in [0, 0.05) is 16.3 Å². The zero-order valence-electron chi connectivity index (χ0n) is 8.70. The van der Waals surface area contributed by atoms with Crippen LogP contribution in [0.25, 0.3) is 21.8 Å². The Morgan fingerprint density at radius 1 is 1.12 bits per heavy atom. The molecule has 0 aliphatic carbocycles. The van der Waals surface area contributed by atoms with E-state index in [0.717, 1.165) is 16.3 Å². The van der Waals surface area contributed by atoms with E-state index in [2.05, 4.69) is 4.98 Å². The average Bonchev–Trinajstić information content (AvgIpc) is 2.69. The van der Waals surface area contributed by atoms with Crippen molar-refractivity contribution in [3.8, 4) is 0 Å². The van der Waals surface area contributed by atoms with Crippen molar-refractivity contribution in [2.75, 3.05) is 0 Å².